The predicted octanol–water partition coefficient (Wildman–Crippen LogP) is 2.31. The Hall–Kier alpha value is -0.896. The molecule has 0 spiro atoms. The van der Waals surface area contributed by atoms with Gasteiger partial charge in [-0.3, -0.25) is 0 Å². The molecule has 3 nitrogen and oxygen atoms in total. The van der Waals surface area contributed by atoms with Crippen molar-refractivity contribution >= 4 is 0 Å². The third-order valence-electron chi connectivity index (χ3n) is 2.21. The molecular weight excluding hydrogens is 279 g/mol. The summed E-state index contributed by atoms with van der Waals surface area (Å²) in [4.78, 5) is 4.74. The second-order valence-corrected chi connectivity index (χ2v) is 3.13. The van der Waals surface area contributed by atoms with E-state index in [1.807, 2.05) is 30.3 Å². The number of benzene rings is 2. The molecule has 79 valence electrons. The Kier molecular flexibility index (Phi) is 4.93. The molecule has 2 rings (SSSR count). The second-order valence-electron chi connectivity index (χ2n) is 3.13. The van der Waals surface area contributed by atoms with Gasteiger partial charge >= 0.3 is 0 Å². The molecule has 0 heterocycles. The van der Waals surface area contributed by atoms with Gasteiger partial charge in [0, 0.05) is 43.8 Å². The van der Waals surface area contributed by atoms with E-state index in [1.54, 1.807) is 18.2 Å². The Bertz CT molecular complexity index is 474. The third kappa shape index (κ3) is 2.61. The average Bonchev–Trinajstić information content (AvgIpc) is 2.30. The van der Waals surface area contributed by atoms with Crippen molar-refractivity contribution < 1.29 is 42.7 Å². The van der Waals surface area contributed by atoms with Crippen LogP contribution in [-0.2, 0) is 32.7 Å². The summed E-state index contributed by atoms with van der Waals surface area (Å²) in [5, 5.41) is 9.69. The number of rotatable bonds is 2. The molecule has 2 aromatic rings. The molecule has 4 heteroatoms. The topological polar surface area (TPSA) is 55.5 Å². The van der Waals surface area contributed by atoms with Crippen LogP contribution in [0.4, 0.5) is 0 Å². The van der Waals surface area contributed by atoms with Gasteiger partial charge in [-0.25, -0.2) is 0 Å². The van der Waals surface area contributed by atoms with Gasteiger partial charge in [-0.2, -0.15) is 5.90 Å². The van der Waals surface area contributed by atoms with E-state index in [4.69, 9.17) is 10.7 Å². The van der Waals surface area contributed by atoms with Crippen LogP contribution in [0.3, 0.4) is 0 Å². The first-order valence-corrected chi connectivity index (χ1v) is 4.57. The Morgan fingerprint density at radius 2 is 1.44 bits per heavy atom. The fourth-order valence-electron chi connectivity index (χ4n) is 1.49. The molecule has 0 aliphatic heterocycles. The fourth-order valence-corrected chi connectivity index (χ4v) is 1.49. The van der Waals surface area contributed by atoms with Crippen molar-refractivity contribution in [2.75, 3.05) is 0 Å². The molecule has 3 N–H and O–H groups in total. The van der Waals surface area contributed by atoms with Gasteiger partial charge in [0.05, 0.1) is 0 Å². The van der Waals surface area contributed by atoms with Crippen molar-refractivity contribution in [2.45, 2.75) is 0 Å². The minimum absolute atomic E-state index is 0. The quantitative estimate of drug-likeness (QED) is 0.834. The first-order valence-electron chi connectivity index (χ1n) is 4.57. The summed E-state index contributed by atoms with van der Waals surface area (Å²) in [5.41, 5.74) is 1.48. The van der Waals surface area contributed by atoms with E-state index < -0.39 is 0 Å². The van der Waals surface area contributed by atoms with Crippen LogP contribution in [-0.4, -0.2) is 5.11 Å². The zero-order valence-electron chi connectivity index (χ0n) is 8.63. The minimum Gasteiger partial charge on any atom is -0.507 e. The number of phenolic OH excluding ortho intramolecular Hbond substituents is 1. The summed E-state index contributed by atoms with van der Waals surface area (Å²) < 4.78 is 0. The molecule has 0 amide bonds. The van der Waals surface area contributed by atoms with Crippen LogP contribution >= 0.6 is 0 Å². The maximum absolute atomic E-state index is 9.69. The number of hydrogen-bond donors (Lipinski definition) is 2. The number of nitrogens with two attached hydrogens (primary N) is 1. The van der Waals surface area contributed by atoms with Crippen molar-refractivity contribution in [3.05, 3.63) is 48.5 Å². The smallest absolute Gasteiger partial charge is 0.154 e. The second kappa shape index (κ2) is 5.99. The van der Waals surface area contributed by atoms with Gasteiger partial charge in [-0.1, -0.05) is 36.4 Å². The van der Waals surface area contributed by atoms with E-state index in [1.165, 1.54) is 0 Å². The fraction of sp³-hybridized carbons (Fsp3) is 0. The zero-order valence-corrected chi connectivity index (χ0v) is 11.5. The minimum atomic E-state index is 0. The van der Waals surface area contributed by atoms with Crippen molar-refractivity contribution in [2.24, 2.45) is 5.90 Å². The number of hydrogen-bond acceptors (Lipinski definition) is 3. The van der Waals surface area contributed by atoms with Crippen molar-refractivity contribution in [3.8, 4) is 22.6 Å². The molecule has 0 unspecified atom stereocenters. The summed E-state index contributed by atoms with van der Waals surface area (Å²) >= 11 is 0. The first kappa shape index (κ1) is 13.2. The van der Waals surface area contributed by atoms with E-state index in [0.29, 0.717) is 11.3 Å². The molecule has 0 aliphatic carbocycles. The molecule has 0 saturated carbocycles. The van der Waals surface area contributed by atoms with Crippen molar-refractivity contribution in [1.82, 2.24) is 0 Å². The maximum Gasteiger partial charge on any atom is 0.154 e. The van der Waals surface area contributed by atoms with Gasteiger partial charge in [0.2, 0.25) is 0 Å². The monoisotopic (exact) mass is 290 g/mol. The van der Waals surface area contributed by atoms with Gasteiger partial charge in [0.15, 0.2) is 5.75 Å². The van der Waals surface area contributed by atoms with Gasteiger partial charge < -0.3 is 9.94 Å². The molecule has 0 atom stereocenters. The average molecular weight is 290 g/mol. The molecule has 16 heavy (non-hydrogen) atoms. The third-order valence-corrected chi connectivity index (χ3v) is 2.21. The molecule has 2 aromatic carbocycles. The summed E-state index contributed by atoms with van der Waals surface area (Å²) in [5.74, 6) is 5.91. The first-order chi connectivity index (χ1) is 7.33. The molecule has 0 aliphatic rings. The van der Waals surface area contributed by atoms with Gasteiger partial charge in [0.1, 0.15) is 5.75 Å². The van der Waals surface area contributed by atoms with Gasteiger partial charge in [0.25, 0.3) is 0 Å². The van der Waals surface area contributed by atoms with E-state index in [0.717, 1.165) is 5.56 Å². The van der Waals surface area contributed by atoms with E-state index in [9.17, 15) is 5.11 Å². The standard InChI is InChI=1S/C12H11NO2.Y/c13-15-12-8-4-2-6-10(12)9-5-1-3-7-11(9)14;/h1-8,14H,13H2;. The normalized spacial score (nSPS) is 9.31. The number of phenols is 1. The molecule has 0 saturated heterocycles. The predicted molar refractivity (Wildman–Crippen MR) is 58.4 cm³/mol. The SMILES string of the molecule is NOc1ccccc1-c1ccccc1O.[Y]. The Morgan fingerprint density at radius 1 is 0.875 bits per heavy atom. The molecule has 0 fully saturated rings. The van der Waals surface area contributed by atoms with E-state index >= 15 is 0 Å². The Morgan fingerprint density at radius 3 is 2.06 bits per heavy atom. The number of para-hydroxylation sites is 2. The van der Waals surface area contributed by atoms with Gasteiger partial charge in [-0.15, -0.1) is 0 Å². The maximum atomic E-state index is 9.69. The van der Waals surface area contributed by atoms with Crippen LogP contribution in [0.15, 0.2) is 48.5 Å². The zero-order chi connectivity index (χ0) is 10.7. The van der Waals surface area contributed by atoms with Gasteiger partial charge in [-0.05, 0) is 12.1 Å². The van der Waals surface area contributed by atoms with E-state index in [2.05, 4.69) is 0 Å². The molecule has 0 bridgehead atoms. The molecule has 0 aromatic heterocycles. The molecule has 1 radical (unpaired) electrons. The van der Waals surface area contributed by atoms with Crippen LogP contribution in [0.1, 0.15) is 0 Å². The van der Waals surface area contributed by atoms with E-state index in [-0.39, 0.29) is 38.5 Å². The van der Waals surface area contributed by atoms with Crippen LogP contribution < -0.4 is 10.7 Å². The summed E-state index contributed by atoms with van der Waals surface area (Å²) in [6.07, 6.45) is 0. The summed E-state index contributed by atoms with van der Waals surface area (Å²) in [6.45, 7) is 0. The largest absolute Gasteiger partial charge is 0.507 e. The van der Waals surface area contributed by atoms with Crippen LogP contribution in [0.5, 0.6) is 11.5 Å². The Labute approximate surface area is 119 Å². The summed E-state index contributed by atoms with van der Waals surface area (Å²) in [6, 6.07) is 14.3. The van der Waals surface area contributed by atoms with Crippen LogP contribution in [0, 0.1) is 0 Å². The van der Waals surface area contributed by atoms with Crippen molar-refractivity contribution in [1.29, 1.82) is 0 Å². The van der Waals surface area contributed by atoms with Crippen LogP contribution in [0.2, 0.25) is 0 Å². The molecular formula is C12H11NO2Y. The Balaban J connectivity index is 0.00000128. The number of aromatic hydroxyl groups is 1. The summed E-state index contributed by atoms with van der Waals surface area (Å²) in [7, 11) is 0. The van der Waals surface area contributed by atoms with Crippen molar-refractivity contribution in [3.63, 3.8) is 0 Å². The van der Waals surface area contributed by atoms with Crippen LogP contribution in [0.25, 0.3) is 11.1 Å².